The Morgan fingerprint density at radius 1 is 1.17 bits per heavy atom. The molecule has 1 heterocycles. The summed E-state index contributed by atoms with van der Waals surface area (Å²) >= 11 is 3.71. The van der Waals surface area contributed by atoms with E-state index in [9.17, 15) is 0 Å². The lowest BCUT2D eigenvalue weighted by molar-refractivity contribution is 0.649. The zero-order valence-electron chi connectivity index (χ0n) is 11.4. The molecule has 0 amide bonds. The van der Waals surface area contributed by atoms with E-state index in [-0.39, 0.29) is 0 Å². The second-order valence-electron chi connectivity index (χ2n) is 5.12. The summed E-state index contributed by atoms with van der Waals surface area (Å²) in [5.41, 5.74) is 2.69. The molecular formula is C15H23BrN2. The normalized spacial score (nSPS) is 18.5. The predicted molar refractivity (Wildman–Crippen MR) is 82.3 cm³/mol. The van der Waals surface area contributed by atoms with Gasteiger partial charge in [0.15, 0.2) is 0 Å². The van der Waals surface area contributed by atoms with Gasteiger partial charge in [-0.1, -0.05) is 34.8 Å². The van der Waals surface area contributed by atoms with E-state index in [0.717, 1.165) is 0 Å². The van der Waals surface area contributed by atoms with Crippen LogP contribution in [-0.4, -0.2) is 20.1 Å². The van der Waals surface area contributed by atoms with E-state index in [4.69, 9.17) is 0 Å². The minimum absolute atomic E-state index is 0.387. The van der Waals surface area contributed by atoms with E-state index in [1.807, 2.05) is 7.05 Å². The zero-order chi connectivity index (χ0) is 13.0. The molecule has 1 fully saturated rings. The van der Waals surface area contributed by atoms with Crippen molar-refractivity contribution < 1.29 is 0 Å². The van der Waals surface area contributed by atoms with Crippen molar-refractivity contribution >= 4 is 21.6 Å². The summed E-state index contributed by atoms with van der Waals surface area (Å²) in [6, 6.07) is 7.16. The summed E-state index contributed by atoms with van der Waals surface area (Å²) in [4.78, 5) is 2.52. The summed E-state index contributed by atoms with van der Waals surface area (Å²) in [7, 11) is 2.00. The molecule has 3 heteroatoms. The van der Waals surface area contributed by atoms with Crippen molar-refractivity contribution in [3.63, 3.8) is 0 Å². The Morgan fingerprint density at radius 2 is 1.83 bits per heavy atom. The number of hydrogen-bond donors (Lipinski definition) is 1. The van der Waals surface area contributed by atoms with Crippen LogP contribution in [0, 0.1) is 0 Å². The minimum Gasteiger partial charge on any atom is -0.372 e. The summed E-state index contributed by atoms with van der Waals surface area (Å²) in [6.45, 7) is 4.59. The third-order valence-corrected chi connectivity index (χ3v) is 4.54. The lowest BCUT2D eigenvalue weighted by Crippen LogP contribution is -2.24. The van der Waals surface area contributed by atoms with E-state index in [0.29, 0.717) is 6.04 Å². The predicted octanol–water partition coefficient (Wildman–Crippen LogP) is 4.11. The second kappa shape index (κ2) is 6.58. The average molecular weight is 311 g/mol. The van der Waals surface area contributed by atoms with Crippen LogP contribution in [0.25, 0.3) is 0 Å². The van der Waals surface area contributed by atoms with Crippen molar-refractivity contribution in [1.29, 1.82) is 0 Å². The van der Waals surface area contributed by atoms with Crippen molar-refractivity contribution in [1.82, 2.24) is 5.32 Å². The van der Waals surface area contributed by atoms with Gasteiger partial charge in [-0.25, -0.2) is 0 Å². The van der Waals surface area contributed by atoms with Crippen LogP contribution in [-0.2, 0) is 0 Å². The molecule has 0 bridgehead atoms. The van der Waals surface area contributed by atoms with Crippen LogP contribution in [0.2, 0.25) is 0 Å². The van der Waals surface area contributed by atoms with Crippen LogP contribution in [0.3, 0.4) is 0 Å². The molecule has 1 atom stereocenters. The summed E-state index contributed by atoms with van der Waals surface area (Å²) in [5.74, 6) is 0. The summed E-state index contributed by atoms with van der Waals surface area (Å²) in [6.07, 6.45) is 5.41. The van der Waals surface area contributed by atoms with E-state index in [1.54, 1.807) is 0 Å². The van der Waals surface area contributed by atoms with Gasteiger partial charge in [0.1, 0.15) is 0 Å². The van der Waals surface area contributed by atoms with Gasteiger partial charge < -0.3 is 10.2 Å². The number of nitrogens with one attached hydrogen (secondary N) is 1. The van der Waals surface area contributed by atoms with E-state index < -0.39 is 0 Å². The van der Waals surface area contributed by atoms with Gasteiger partial charge in [-0.15, -0.1) is 0 Å². The summed E-state index contributed by atoms with van der Waals surface area (Å²) in [5, 5.41) is 3.29. The van der Waals surface area contributed by atoms with Crippen LogP contribution >= 0.6 is 15.9 Å². The molecule has 0 spiro atoms. The number of nitrogens with zero attached hydrogens (tertiary/aromatic N) is 1. The molecule has 1 aliphatic heterocycles. The second-order valence-corrected chi connectivity index (χ2v) is 5.97. The fraction of sp³-hybridized carbons (Fsp3) is 0.600. The Labute approximate surface area is 119 Å². The third kappa shape index (κ3) is 3.27. The first-order chi connectivity index (χ1) is 8.72. The Hall–Kier alpha value is -0.540. The molecule has 100 valence electrons. The number of anilines is 1. The van der Waals surface area contributed by atoms with Crippen LogP contribution < -0.4 is 10.2 Å². The van der Waals surface area contributed by atoms with E-state index >= 15 is 0 Å². The van der Waals surface area contributed by atoms with Gasteiger partial charge in [-0.2, -0.15) is 0 Å². The van der Waals surface area contributed by atoms with Crippen molar-refractivity contribution in [2.45, 2.75) is 38.6 Å². The Morgan fingerprint density at radius 3 is 2.39 bits per heavy atom. The maximum Gasteiger partial charge on any atom is 0.0377 e. The molecule has 1 unspecified atom stereocenters. The van der Waals surface area contributed by atoms with E-state index in [2.05, 4.69) is 51.3 Å². The smallest absolute Gasteiger partial charge is 0.0377 e. The molecule has 1 aromatic rings. The minimum atomic E-state index is 0.387. The largest absolute Gasteiger partial charge is 0.372 e. The molecule has 1 aliphatic rings. The molecule has 0 radical (unpaired) electrons. The van der Waals surface area contributed by atoms with Crippen LogP contribution in [0.4, 0.5) is 5.69 Å². The molecule has 2 nitrogen and oxygen atoms in total. The molecule has 1 N–H and O–H groups in total. The highest BCUT2D eigenvalue weighted by atomic mass is 79.9. The Balaban J connectivity index is 2.16. The lowest BCUT2D eigenvalue weighted by Gasteiger charge is -2.24. The van der Waals surface area contributed by atoms with Gasteiger partial charge in [-0.05, 0) is 44.5 Å². The monoisotopic (exact) mass is 310 g/mol. The Bertz CT molecular complexity index is 384. The quantitative estimate of drug-likeness (QED) is 0.904. The molecule has 1 saturated heterocycles. The highest BCUT2D eigenvalue weighted by molar-refractivity contribution is 9.10. The van der Waals surface area contributed by atoms with Crippen molar-refractivity contribution in [3.05, 3.63) is 28.2 Å². The van der Waals surface area contributed by atoms with Crippen molar-refractivity contribution in [3.8, 4) is 0 Å². The maximum absolute atomic E-state index is 3.71. The van der Waals surface area contributed by atoms with Crippen LogP contribution in [0.1, 0.15) is 44.2 Å². The first kappa shape index (κ1) is 13.9. The van der Waals surface area contributed by atoms with Crippen LogP contribution in [0.5, 0.6) is 0 Å². The highest BCUT2D eigenvalue weighted by Crippen LogP contribution is 2.29. The van der Waals surface area contributed by atoms with Gasteiger partial charge in [0.05, 0.1) is 0 Å². The maximum atomic E-state index is 3.71. The van der Waals surface area contributed by atoms with Gasteiger partial charge in [-0.3, -0.25) is 0 Å². The van der Waals surface area contributed by atoms with Gasteiger partial charge >= 0.3 is 0 Å². The molecule has 0 saturated carbocycles. The van der Waals surface area contributed by atoms with Crippen LogP contribution in [0.15, 0.2) is 22.7 Å². The highest BCUT2D eigenvalue weighted by Gasteiger charge is 2.13. The molecule has 1 aromatic carbocycles. The number of benzene rings is 1. The first-order valence-corrected chi connectivity index (χ1v) is 7.73. The zero-order valence-corrected chi connectivity index (χ0v) is 13.0. The SMILES string of the molecule is CNC(C)c1ccc(N2CCCCCC2)cc1Br. The fourth-order valence-corrected chi connectivity index (χ4v) is 3.26. The van der Waals surface area contributed by atoms with Gasteiger partial charge in [0.25, 0.3) is 0 Å². The van der Waals surface area contributed by atoms with Crippen molar-refractivity contribution in [2.75, 3.05) is 25.0 Å². The molecule has 0 aromatic heterocycles. The van der Waals surface area contributed by atoms with Gasteiger partial charge in [0.2, 0.25) is 0 Å². The van der Waals surface area contributed by atoms with Gasteiger partial charge in [0, 0.05) is 29.3 Å². The average Bonchev–Trinajstić information content (AvgIpc) is 2.66. The summed E-state index contributed by atoms with van der Waals surface area (Å²) < 4.78 is 1.21. The third-order valence-electron chi connectivity index (χ3n) is 3.85. The number of hydrogen-bond acceptors (Lipinski definition) is 2. The molecule has 2 rings (SSSR count). The molecule has 0 aliphatic carbocycles. The Kier molecular flexibility index (Phi) is 5.07. The van der Waals surface area contributed by atoms with E-state index in [1.165, 1.54) is 54.5 Å². The lowest BCUT2D eigenvalue weighted by atomic mass is 10.1. The van der Waals surface area contributed by atoms with Crippen molar-refractivity contribution in [2.24, 2.45) is 0 Å². The topological polar surface area (TPSA) is 15.3 Å². The molecule has 18 heavy (non-hydrogen) atoms. The number of halogens is 1. The number of rotatable bonds is 3. The first-order valence-electron chi connectivity index (χ1n) is 6.94. The standard InChI is InChI=1S/C15H23BrN2/c1-12(17-2)14-8-7-13(11-15(14)16)18-9-5-3-4-6-10-18/h7-8,11-12,17H,3-6,9-10H2,1-2H3. The molecular weight excluding hydrogens is 288 g/mol. The fourth-order valence-electron chi connectivity index (χ4n) is 2.55.